The molecule has 0 aliphatic rings. The first-order chi connectivity index (χ1) is 9.47. The fraction of sp³-hybridized carbons (Fsp3) is 0.0714. The van der Waals surface area contributed by atoms with Crippen LogP contribution in [-0.2, 0) is 6.18 Å². The van der Waals surface area contributed by atoms with Gasteiger partial charge in [0.25, 0.3) is 0 Å². The van der Waals surface area contributed by atoms with E-state index in [0.717, 1.165) is 17.6 Å². The Labute approximate surface area is 121 Å². The molecule has 2 aromatic heterocycles. The van der Waals surface area contributed by atoms with Gasteiger partial charge in [0.2, 0.25) is 0 Å². The lowest BCUT2D eigenvalue weighted by atomic mass is 10.1. The summed E-state index contributed by atoms with van der Waals surface area (Å²) in [6.07, 6.45) is -2.51. The van der Waals surface area contributed by atoms with E-state index in [-0.39, 0.29) is 0 Å². The first-order valence-corrected chi connectivity index (χ1v) is 6.56. The summed E-state index contributed by atoms with van der Waals surface area (Å²) in [5.41, 5.74) is 0.827. The molecule has 0 atom stereocenters. The lowest BCUT2D eigenvalue weighted by molar-refractivity contribution is -0.137. The Bertz CT molecular complexity index is 760. The Morgan fingerprint density at radius 2 is 1.70 bits per heavy atom. The maximum Gasteiger partial charge on any atom is 0.416 e. The predicted molar refractivity (Wildman–Crippen MR) is 73.3 cm³/mol. The van der Waals surface area contributed by atoms with E-state index >= 15 is 0 Å². The number of pyridine rings is 1. The van der Waals surface area contributed by atoms with Crippen molar-refractivity contribution < 1.29 is 13.2 Å². The van der Waals surface area contributed by atoms with Gasteiger partial charge in [-0.1, -0.05) is 18.2 Å². The second-order valence-electron chi connectivity index (χ2n) is 4.26. The smallest absolute Gasteiger partial charge is 0.299 e. The summed E-state index contributed by atoms with van der Waals surface area (Å²) < 4.78 is 40.1. The summed E-state index contributed by atoms with van der Waals surface area (Å²) in [5.74, 6) is 0.598. The number of fused-ring (bicyclic) bond motifs is 1. The Morgan fingerprint density at radius 1 is 1.00 bits per heavy atom. The van der Waals surface area contributed by atoms with Gasteiger partial charge in [-0.05, 0) is 40.2 Å². The zero-order valence-corrected chi connectivity index (χ0v) is 11.6. The number of benzene rings is 1. The molecule has 20 heavy (non-hydrogen) atoms. The van der Waals surface area contributed by atoms with Crippen molar-refractivity contribution in [3.05, 3.63) is 58.8 Å². The summed E-state index contributed by atoms with van der Waals surface area (Å²) in [4.78, 5) is 4.35. The molecule has 0 unspecified atom stereocenters. The minimum absolute atomic E-state index is 0.598. The van der Waals surface area contributed by atoms with Crippen LogP contribution >= 0.6 is 15.9 Å². The van der Waals surface area contributed by atoms with E-state index in [4.69, 9.17) is 0 Å². The summed E-state index contributed by atoms with van der Waals surface area (Å²) in [6.45, 7) is 0. The molecule has 0 spiro atoms. The molecule has 0 aliphatic heterocycles. The van der Waals surface area contributed by atoms with Gasteiger partial charge in [-0.2, -0.15) is 13.2 Å². The molecule has 0 saturated carbocycles. The van der Waals surface area contributed by atoms with Gasteiger partial charge in [0, 0.05) is 11.8 Å². The molecular weight excluding hydrogens is 333 g/mol. The number of hydrogen-bond donors (Lipinski definition) is 0. The van der Waals surface area contributed by atoms with E-state index in [9.17, 15) is 13.2 Å². The molecule has 0 bridgehead atoms. The third-order valence-electron chi connectivity index (χ3n) is 2.97. The third kappa shape index (κ3) is 2.20. The van der Waals surface area contributed by atoms with E-state index in [1.807, 2.05) is 28.8 Å². The molecule has 3 aromatic rings. The number of nitrogens with zero attached hydrogens (tertiary/aromatic N) is 2. The number of rotatable bonds is 1. The fourth-order valence-electron chi connectivity index (χ4n) is 2.01. The van der Waals surface area contributed by atoms with Crippen LogP contribution in [0.25, 0.3) is 16.9 Å². The molecule has 0 fully saturated rings. The Balaban J connectivity index is 2.12. The van der Waals surface area contributed by atoms with Crippen LogP contribution in [0.2, 0.25) is 0 Å². The van der Waals surface area contributed by atoms with Gasteiger partial charge in [-0.15, -0.1) is 0 Å². The van der Waals surface area contributed by atoms with Crippen LogP contribution < -0.4 is 0 Å². The molecular formula is C14H8BrF3N2. The van der Waals surface area contributed by atoms with E-state index < -0.39 is 11.7 Å². The largest absolute Gasteiger partial charge is 0.416 e. The standard InChI is InChI=1S/C14H8BrF3N2/c15-12-11-3-1-2-8-20(11)13(19-12)9-4-6-10(7-5-9)14(16,17)18/h1-8H. The zero-order chi connectivity index (χ0) is 14.3. The second kappa shape index (κ2) is 4.63. The number of imidazole rings is 1. The first kappa shape index (κ1) is 13.2. The Kier molecular flexibility index (Phi) is 3.05. The molecule has 2 heterocycles. The van der Waals surface area contributed by atoms with Gasteiger partial charge in [-0.3, -0.25) is 4.40 Å². The predicted octanol–water partition coefficient (Wildman–Crippen LogP) is 4.78. The molecule has 3 rings (SSSR count). The van der Waals surface area contributed by atoms with Gasteiger partial charge in [0.15, 0.2) is 0 Å². The van der Waals surface area contributed by atoms with Crippen LogP contribution in [0.15, 0.2) is 53.3 Å². The van der Waals surface area contributed by atoms with Crippen molar-refractivity contribution in [1.82, 2.24) is 9.38 Å². The number of alkyl halides is 3. The molecule has 102 valence electrons. The summed E-state index contributed by atoms with van der Waals surface area (Å²) >= 11 is 3.35. The highest BCUT2D eigenvalue weighted by Crippen LogP contribution is 2.31. The summed E-state index contributed by atoms with van der Waals surface area (Å²) in [6, 6.07) is 10.6. The number of aromatic nitrogens is 2. The highest BCUT2D eigenvalue weighted by Gasteiger charge is 2.30. The SMILES string of the molecule is FC(F)(F)c1ccc(-c2nc(Br)c3ccccn23)cc1. The molecule has 6 heteroatoms. The van der Waals surface area contributed by atoms with Crippen molar-refractivity contribution in [1.29, 1.82) is 0 Å². The first-order valence-electron chi connectivity index (χ1n) is 5.77. The van der Waals surface area contributed by atoms with Crippen LogP contribution in [0.5, 0.6) is 0 Å². The normalized spacial score (nSPS) is 12.0. The van der Waals surface area contributed by atoms with Crippen LogP contribution in [0, 0.1) is 0 Å². The minimum Gasteiger partial charge on any atom is -0.299 e. The molecule has 0 saturated heterocycles. The van der Waals surface area contributed by atoms with Crippen molar-refractivity contribution in [2.24, 2.45) is 0 Å². The highest BCUT2D eigenvalue weighted by molar-refractivity contribution is 9.10. The lowest BCUT2D eigenvalue weighted by Gasteiger charge is -2.07. The van der Waals surface area contributed by atoms with Gasteiger partial charge in [0.1, 0.15) is 10.4 Å². The van der Waals surface area contributed by atoms with Gasteiger partial charge in [0.05, 0.1) is 11.1 Å². The van der Waals surface area contributed by atoms with Crippen LogP contribution in [0.3, 0.4) is 0 Å². The van der Waals surface area contributed by atoms with Crippen molar-refractivity contribution in [2.75, 3.05) is 0 Å². The van der Waals surface area contributed by atoms with Crippen molar-refractivity contribution in [3.8, 4) is 11.4 Å². The van der Waals surface area contributed by atoms with Gasteiger partial charge in [-0.25, -0.2) is 4.98 Å². The third-order valence-corrected chi connectivity index (χ3v) is 3.56. The Morgan fingerprint density at radius 3 is 2.35 bits per heavy atom. The number of hydrogen-bond acceptors (Lipinski definition) is 1. The zero-order valence-electron chi connectivity index (χ0n) is 10.0. The summed E-state index contributed by atoms with van der Waals surface area (Å²) in [7, 11) is 0. The lowest BCUT2D eigenvalue weighted by Crippen LogP contribution is -2.04. The monoisotopic (exact) mass is 340 g/mol. The van der Waals surface area contributed by atoms with E-state index in [2.05, 4.69) is 20.9 Å². The topological polar surface area (TPSA) is 17.3 Å². The van der Waals surface area contributed by atoms with Gasteiger partial charge < -0.3 is 0 Å². The maximum atomic E-state index is 12.6. The molecule has 0 aliphatic carbocycles. The molecule has 0 amide bonds. The second-order valence-corrected chi connectivity index (χ2v) is 5.01. The fourth-order valence-corrected chi connectivity index (χ4v) is 2.50. The molecule has 1 aromatic carbocycles. The average Bonchev–Trinajstić information content (AvgIpc) is 2.76. The Hall–Kier alpha value is -1.82. The van der Waals surface area contributed by atoms with Crippen LogP contribution in [-0.4, -0.2) is 9.38 Å². The summed E-state index contributed by atoms with van der Waals surface area (Å²) in [5, 5.41) is 0. The van der Waals surface area contributed by atoms with Gasteiger partial charge >= 0.3 is 6.18 Å². The average molecular weight is 341 g/mol. The van der Waals surface area contributed by atoms with E-state index in [1.54, 1.807) is 0 Å². The maximum absolute atomic E-state index is 12.6. The van der Waals surface area contributed by atoms with E-state index in [1.165, 1.54) is 12.1 Å². The quantitative estimate of drug-likeness (QED) is 0.623. The number of halogens is 4. The van der Waals surface area contributed by atoms with E-state index in [0.29, 0.717) is 16.0 Å². The minimum atomic E-state index is -4.33. The molecule has 0 N–H and O–H groups in total. The molecule has 2 nitrogen and oxygen atoms in total. The van der Waals surface area contributed by atoms with Crippen LogP contribution in [0.1, 0.15) is 5.56 Å². The van der Waals surface area contributed by atoms with Crippen LogP contribution in [0.4, 0.5) is 13.2 Å². The highest BCUT2D eigenvalue weighted by atomic mass is 79.9. The van der Waals surface area contributed by atoms with Crippen molar-refractivity contribution in [3.63, 3.8) is 0 Å². The molecule has 0 radical (unpaired) electrons. The van der Waals surface area contributed by atoms with Crippen molar-refractivity contribution >= 4 is 21.4 Å². The van der Waals surface area contributed by atoms with Crippen molar-refractivity contribution in [2.45, 2.75) is 6.18 Å².